The maximum absolute atomic E-state index is 13.2. The molecule has 4 rings (SSSR count). The molecule has 0 radical (unpaired) electrons. The second-order valence-corrected chi connectivity index (χ2v) is 8.94. The summed E-state index contributed by atoms with van der Waals surface area (Å²) in [5, 5.41) is 9.73. The first-order valence-corrected chi connectivity index (χ1v) is 11.6. The average Bonchev–Trinajstić information content (AvgIpc) is 3.42. The summed E-state index contributed by atoms with van der Waals surface area (Å²) in [6.07, 6.45) is 6.96. The van der Waals surface area contributed by atoms with E-state index in [2.05, 4.69) is 10.2 Å². The van der Waals surface area contributed by atoms with Gasteiger partial charge in [-0.2, -0.15) is 5.10 Å². The molecule has 1 fully saturated rings. The van der Waals surface area contributed by atoms with Gasteiger partial charge in [-0.3, -0.25) is 9.69 Å². The molecule has 5 nitrogen and oxygen atoms in total. The van der Waals surface area contributed by atoms with Crippen molar-refractivity contribution in [3.63, 3.8) is 0 Å². The van der Waals surface area contributed by atoms with E-state index in [0.717, 1.165) is 11.1 Å². The van der Waals surface area contributed by atoms with E-state index < -0.39 is 0 Å². The number of furan rings is 1. The highest BCUT2D eigenvalue weighted by molar-refractivity contribution is 8.18. The lowest BCUT2D eigenvalue weighted by Gasteiger charge is -2.12. The van der Waals surface area contributed by atoms with Crippen molar-refractivity contribution in [2.45, 2.75) is 13.5 Å². The average molecular weight is 496 g/mol. The smallest absolute Gasteiger partial charge is 0.267 e. The van der Waals surface area contributed by atoms with E-state index in [1.165, 1.54) is 18.0 Å². The van der Waals surface area contributed by atoms with E-state index in [-0.39, 0.29) is 12.5 Å². The van der Waals surface area contributed by atoms with E-state index >= 15 is 0 Å². The minimum Gasteiger partial charge on any atom is -0.467 e. The molecule has 1 amide bonds. The summed E-state index contributed by atoms with van der Waals surface area (Å²) in [7, 11) is 0. The Balaban J connectivity index is 1.61. The molecule has 1 aromatic heterocycles. The molecule has 2 heterocycles. The van der Waals surface area contributed by atoms with Crippen molar-refractivity contribution in [3.8, 4) is 0 Å². The Hall–Kier alpha value is -3.06. The predicted molar refractivity (Wildman–Crippen MR) is 137 cm³/mol. The fourth-order valence-electron chi connectivity index (χ4n) is 3.10. The van der Waals surface area contributed by atoms with Crippen LogP contribution in [-0.2, 0) is 11.3 Å². The topological polar surface area (TPSA) is 58.2 Å². The van der Waals surface area contributed by atoms with Crippen LogP contribution in [0.15, 0.2) is 98.1 Å². The van der Waals surface area contributed by atoms with Gasteiger partial charge in [0.25, 0.3) is 5.91 Å². The third-order valence-electron chi connectivity index (χ3n) is 4.66. The largest absolute Gasteiger partial charge is 0.467 e. The molecule has 1 aliphatic rings. The van der Waals surface area contributed by atoms with Crippen LogP contribution in [0, 0.1) is 0 Å². The standard InChI is InChI=1S/C25H19Cl2N3O2S/c1-17(13-18-7-3-2-4-8-18)14-22-24(31)30(16-20-10-6-12-32-20)25(33-22)29-28-15-19-9-5-11-21(26)23(19)27/h2-15H,16H2,1H3/b17-13+,22-14-,28-15+,29-25-. The van der Waals surface area contributed by atoms with Gasteiger partial charge in [-0.1, -0.05) is 71.7 Å². The number of nitrogens with zero attached hydrogens (tertiary/aromatic N) is 3. The Bertz CT molecular complexity index is 1270. The molecule has 1 aliphatic heterocycles. The van der Waals surface area contributed by atoms with Gasteiger partial charge >= 0.3 is 0 Å². The normalized spacial score (nSPS) is 17.1. The summed E-state index contributed by atoms with van der Waals surface area (Å²) in [4.78, 5) is 15.3. The molecule has 33 heavy (non-hydrogen) atoms. The summed E-state index contributed by atoms with van der Waals surface area (Å²) in [6, 6.07) is 18.8. The maximum Gasteiger partial charge on any atom is 0.267 e. The molecule has 166 valence electrons. The van der Waals surface area contributed by atoms with Gasteiger partial charge in [0.15, 0.2) is 5.17 Å². The van der Waals surface area contributed by atoms with E-state index in [9.17, 15) is 4.79 Å². The Morgan fingerprint density at radius 2 is 1.91 bits per heavy atom. The monoisotopic (exact) mass is 495 g/mol. The molecule has 0 N–H and O–H groups in total. The van der Waals surface area contributed by atoms with Crippen LogP contribution in [-0.4, -0.2) is 22.2 Å². The van der Waals surface area contributed by atoms with Crippen LogP contribution in [0.4, 0.5) is 0 Å². The van der Waals surface area contributed by atoms with Gasteiger partial charge in [0.1, 0.15) is 5.76 Å². The molecule has 0 unspecified atom stereocenters. The molecular formula is C25H19Cl2N3O2S. The third-order valence-corrected chi connectivity index (χ3v) is 6.49. The molecule has 3 aromatic rings. The van der Waals surface area contributed by atoms with Crippen molar-refractivity contribution in [1.82, 2.24) is 4.90 Å². The number of thioether (sulfide) groups is 1. The van der Waals surface area contributed by atoms with Crippen LogP contribution >= 0.6 is 35.0 Å². The van der Waals surface area contributed by atoms with Crippen LogP contribution in [0.5, 0.6) is 0 Å². The molecule has 0 bridgehead atoms. The first-order valence-electron chi connectivity index (χ1n) is 10.0. The Morgan fingerprint density at radius 3 is 2.67 bits per heavy atom. The molecule has 0 aliphatic carbocycles. The van der Waals surface area contributed by atoms with Gasteiger partial charge in [-0.25, -0.2) is 0 Å². The Labute approximate surface area is 206 Å². The molecule has 1 saturated heterocycles. The lowest BCUT2D eigenvalue weighted by molar-refractivity contribution is -0.122. The fourth-order valence-corrected chi connectivity index (χ4v) is 4.44. The quantitative estimate of drug-likeness (QED) is 0.209. The number of benzene rings is 2. The van der Waals surface area contributed by atoms with Crippen molar-refractivity contribution < 1.29 is 9.21 Å². The zero-order chi connectivity index (χ0) is 23.2. The molecule has 8 heteroatoms. The SMILES string of the molecule is CC(/C=C1\S/C(=N\N=C\c2cccc(Cl)c2Cl)N(Cc2ccco2)C1=O)=C\c1ccccc1. The molecular weight excluding hydrogens is 477 g/mol. The number of rotatable bonds is 6. The van der Waals surface area contributed by atoms with Crippen molar-refractivity contribution in [2.75, 3.05) is 0 Å². The molecule has 0 spiro atoms. The van der Waals surface area contributed by atoms with Gasteiger partial charge in [0.2, 0.25) is 0 Å². The molecule has 0 saturated carbocycles. The zero-order valence-corrected chi connectivity index (χ0v) is 19.9. The van der Waals surface area contributed by atoms with E-state index in [0.29, 0.717) is 31.4 Å². The van der Waals surface area contributed by atoms with Crippen LogP contribution in [0.3, 0.4) is 0 Å². The number of allylic oxidation sites excluding steroid dienone is 2. The summed E-state index contributed by atoms with van der Waals surface area (Å²) in [5.41, 5.74) is 2.65. The van der Waals surface area contributed by atoms with Crippen LogP contribution in [0.25, 0.3) is 6.08 Å². The lowest BCUT2D eigenvalue weighted by atomic mass is 10.1. The molecule has 0 atom stereocenters. The lowest BCUT2D eigenvalue weighted by Crippen LogP contribution is -2.28. The van der Waals surface area contributed by atoms with Gasteiger partial charge < -0.3 is 4.42 Å². The fraction of sp³-hybridized carbons (Fsp3) is 0.0800. The highest BCUT2D eigenvalue weighted by atomic mass is 35.5. The van der Waals surface area contributed by atoms with Crippen molar-refractivity contribution >= 4 is 58.3 Å². The first kappa shape index (κ1) is 23.1. The highest BCUT2D eigenvalue weighted by Crippen LogP contribution is 2.33. The summed E-state index contributed by atoms with van der Waals surface area (Å²) in [5.74, 6) is 0.489. The van der Waals surface area contributed by atoms with Gasteiger partial charge in [0, 0.05) is 5.56 Å². The number of halogens is 2. The number of amidine groups is 1. The van der Waals surface area contributed by atoms with Crippen molar-refractivity contribution in [2.24, 2.45) is 10.2 Å². The number of carbonyl (C=O) groups excluding carboxylic acids is 1. The minimum atomic E-state index is -0.160. The minimum absolute atomic E-state index is 0.160. The predicted octanol–water partition coefficient (Wildman–Crippen LogP) is 7.04. The number of amides is 1. The summed E-state index contributed by atoms with van der Waals surface area (Å²) < 4.78 is 5.43. The van der Waals surface area contributed by atoms with Crippen LogP contribution in [0.1, 0.15) is 23.8 Å². The third kappa shape index (κ3) is 5.85. The maximum atomic E-state index is 13.2. The highest BCUT2D eigenvalue weighted by Gasteiger charge is 2.34. The molecule has 2 aromatic carbocycles. The van der Waals surface area contributed by atoms with E-state index in [4.69, 9.17) is 27.6 Å². The van der Waals surface area contributed by atoms with Gasteiger partial charge in [-0.15, -0.1) is 5.10 Å². The summed E-state index contributed by atoms with van der Waals surface area (Å²) >= 11 is 13.5. The second-order valence-electron chi connectivity index (χ2n) is 7.15. The summed E-state index contributed by atoms with van der Waals surface area (Å²) in [6.45, 7) is 2.21. The van der Waals surface area contributed by atoms with Crippen molar-refractivity contribution in [1.29, 1.82) is 0 Å². The number of hydrogen-bond acceptors (Lipinski definition) is 5. The Morgan fingerprint density at radius 1 is 1.09 bits per heavy atom. The van der Waals surface area contributed by atoms with Crippen LogP contribution < -0.4 is 0 Å². The zero-order valence-electron chi connectivity index (χ0n) is 17.6. The number of hydrogen-bond donors (Lipinski definition) is 0. The van der Waals surface area contributed by atoms with E-state index in [1.54, 1.807) is 35.4 Å². The first-order chi connectivity index (χ1) is 16.0. The Kier molecular flexibility index (Phi) is 7.50. The van der Waals surface area contributed by atoms with Crippen molar-refractivity contribution in [3.05, 3.63) is 110 Å². The van der Waals surface area contributed by atoms with Gasteiger partial charge in [-0.05, 0) is 54.1 Å². The van der Waals surface area contributed by atoms with Gasteiger partial charge in [0.05, 0.1) is 34.0 Å². The van der Waals surface area contributed by atoms with Crippen LogP contribution in [0.2, 0.25) is 10.0 Å². The van der Waals surface area contributed by atoms with E-state index in [1.807, 2.05) is 55.5 Å². The number of carbonyl (C=O) groups is 1. The second kappa shape index (κ2) is 10.7.